The van der Waals surface area contributed by atoms with Crippen LogP contribution in [-0.2, 0) is 6.54 Å². The Morgan fingerprint density at radius 2 is 2.05 bits per heavy atom. The second-order valence-electron chi connectivity index (χ2n) is 5.59. The molecule has 0 aliphatic rings. The summed E-state index contributed by atoms with van der Waals surface area (Å²) in [6.45, 7) is 12.6. The molecule has 0 bridgehead atoms. The molecule has 0 aliphatic heterocycles. The Labute approximate surface area is 122 Å². The van der Waals surface area contributed by atoms with E-state index in [0.717, 1.165) is 30.0 Å². The Bertz CT molecular complexity index is 450. The van der Waals surface area contributed by atoms with Crippen molar-refractivity contribution in [1.82, 2.24) is 9.47 Å². The van der Waals surface area contributed by atoms with Crippen molar-refractivity contribution >= 4 is 5.78 Å². The van der Waals surface area contributed by atoms with Crippen molar-refractivity contribution in [1.29, 1.82) is 0 Å². The molecule has 0 spiro atoms. The molecule has 4 nitrogen and oxygen atoms in total. The molecular weight excluding hydrogens is 252 g/mol. The average molecular weight is 280 g/mol. The second kappa shape index (κ2) is 7.60. The summed E-state index contributed by atoms with van der Waals surface area (Å²) in [5, 5.41) is 8.95. The largest absolute Gasteiger partial charge is 0.396 e. The third-order valence-corrected chi connectivity index (χ3v) is 3.87. The summed E-state index contributed by atoms with van der Waals surface area (Å²) in [5.41, 5.74) is 3.03. The van der Waals surface area contributed by atoms with E-state index in [9.17, 15) is 4.79 Å². The predicted molar refractivity (Wildman–Crippen MR) is 82.3 cm³/mol. The fourth-order valence-electron chi connectivity index (χ4n) is 2.63. The van der Waals surface area contributed by atoms with Gasteiger partial charge in [0, 0.05) is 42.7 Å². The first-order valence-corrected chi connectivity index (χ1v) is 7.47. The zero-order chi connectivity index (χ0) is 15.3. The maximum atomic E-state index is 12.5. The summed E-state index contributed by atoms with van der Waals surface area (Å²) >= 11 is 0. The summed E-state index contributed by atoms with van der Waals surface area (Å²) in [7, 11) is 0. The number of carbonyl (C=O) groups excluding carboxylic acids is 1. The highest BCUT2D eigenvalue weighted by Crippen LogP contribution is 2.16. The maximum Gasteiger partial charge on any atom is 0.178 e. The monoisotopic (exact) mass is 280 g/mol. The third kappa shape index (κ3) is 3.93. The van der Waals surface area contributed by atoms with Crippen LogP contribution in [0.3, 0.4) is 0 Å². The molecule has 0 amide bonds. The molecule has 114 valence electrons. The minimum Gasteiger partial charge on any atom is -0.396 e. The minimum absolute atomic E-state index is 0.168. The Morgan fingerprint density at radius 3 is 2.50 bits per heavy atom. The van der Waals surface area contributed by atoms with Gasteiger partial charge in [-0.25, -0.2) is 0 Å². The van der Waals surface area contributed by atoms with E-state index in [2.05, 4.69) is 30.2 Å². The van der Waals surface area contributed by atoms with Crippen molar-refractivity contribution in [3.63, 3.8) is 0 Å². The second-order valence-corrected chi connectivity index (χ2v) is 5.59. The Kier molecular flexibility index (Phi) is 6.43. The molecule has 0 atom stereocenters. The first kappa shape index (κ1) is 16.9. The number of aryl methyl sites for hydroxylation is 1. The molecule has 0 radical (unpaired) electrons. The van der Waals surface area contributed by atoms with Crippen LogP contribution in [0, 0.1) is 13.8 Å². The molecule has 20 heavy (non-hydrogen) atoms. The van der Waals surface area contributed by atoms with Crippen molar-refractivity contribution in [2.45, 2.75) is 53.6 Å². The molecule has 1 N–H and O–H groups in total. The van der Waals surface area contributed by atoms with Gasteiger partial charge in [-0.2, -0.15) is 0 Å². The number of ketones is 1. The Morgan fingerprint density at radius 1 is 1.40 bits per heavy atom. The lowest BCUT2D eigenvalue weighted by molar-refractivity contribution is 0.0896. The van der Waals surface area contributed by atoms with Crippen molar-refractivity contribution in [3.05, 3.63) is 23.0 Å². The molecule has 0 fully saturated rings. The van der Waals surface area contributed by atoms with E-state index >= 15 is 0 Å². The Hall–Kier alpha value is -1.13. The van der Waals surface area contributed by atoms with E-state index in [1.807, 2.05) is 19.9 Å². The van der Waals surface area contributed by atoms with Crippen molar-refractivity contribution < 1.29 is 9.90 Å². The smallest absolute Gasteiger partial charge is 0.178 e. The van der Waals surface area contributed by atoms with Crippen LogP contribution < -0.4 is 0 Å². The Balaban J connectivity index is 2.84. The molecule has 1 rings (SSSR count). The lowest BCUT2D eigenvalue weighted by atomic mass is 10.1. The van der Waals surface area contributed by atoms with Crippen molar-refractivity contribution in [2.24, 2.45) is 0 Å². The first-order chi connectivity index (χ1) is 9.42. The zero-order valence-electron chi connectivity index (χ0n) is 13.4. The van der Waals surface area contributed by atoms with Gasteiger partial charge in [0.25, 0.3) is 0 Å². The van der Waals surface area contributed by atoms with E-state index in [-0.39, 0.29) is 12.4 Å². The van der Waals surface area contributed by atoms with Gasteiger partial charge in [0.2, 0.25) is 0 Å². The van der Waals surface area contributed by atoms with Crippen LogP contribution in [0.25, 0.3) is 0 Å². The maximum absolute atomic E-state index is 12.5. The number of aromatic nitrogens is 1. The topological polar surface area (TPSA) is 45.5 Å². The lowest BCUT2D eigenvalue weighted by Gasteiger charge is -2.25. The van der Waals surface area contributed by atoms with Crippen LogP contribution in [0.15, 0.2) is 6.07 Å². The van der Waals surface area contributed by atoms with Crippen LogP contribution in [0.5, 0.6) is 0 Å². The van der Waals surface area contributed by atoms with E-state index in [4.69, 9.17) is 5.11 Å². The summed E-state index contributed by atoms with van der Waals surface area (Å²) in [6.07, 6.45) is 0.708. The van der Waals surface area contributed by atoms with Gasteiger partial charge in [-0.15, -0.1) is 0 Å². The molecule has 1 aromatic heterocycles. The number of carbonyl (C=O) groups is 1. The fourth-order valence-corrected chi connectivity index (χ4v) is 2.63. The quantitative estimate of drug-likeness (QED) is 0.744. The highest BCUT2D eigenvalue weighted by molar-refractivity contribution is 5.99. The normalized spacial score (nSPS) is 11.6. The highest BCUT2D eigenvalue weighted by Gasteiger charge is 2.19. The number of Topliss-reactive ketones (excluding diaryl/α,β-unsaturated/α-hetero) is 1. The third-order valence-electron chi connectivity index (χ3n) is 3.87. The number of hydrogen-bond donors (Lipinski definition) is 1. The molecule has 0 unspecified atom stereocenters. The van der Waals surface area contributed by atoms with Crippen molar-refractivity contribution in [2.75, 3.05) is 19.7 Å². The molecular formula is C16H28N2O2. The number of nitrogens with zero attached hydrogens (tertiary/aromatic N) is 2. The molecule has 0 aliphatic carbocycles. The molecule has 4 heteroatoms. The van der Waals surface area contributed by atoms with Gasteiger partial charge in [-0.1, -0.05) is 0 Å². The van der Waals surface area contributed by atoms with Crippen LogP contribution in [0.4, 0.5) is 0 Å². The summed E-state index contributed by atoms with van der Waals surface area (Å²) in [4.78, 5) is 14.6. The molecule has 0 saturated heterocycles. The molecule has 0 aromatic carbocycles. The van der Waals surface area contributed by atoms with Crippen LogP contribution >= 0.6 is 0 Å². The van der Waals surface area contributed by atoms with E-state index in [0.29, 0.717) is 19.0 Å². The van der Waals surface area contributed by atoms with Gasteiger partial charge in [-0.3, -0.25) is 9.69 Å². The number of hydrogen-bond acceptors (Lipinski definition) is 3. The molecule has 0 saturated carbocycles. The molecule has 1 aromatic rings. The van der Waals surface area contributed by atoms with Crippen LogP contribution in [0.1, 0.15) is 48.9 Å². The summed E-state index contributed by atoms with van der Waals surface area (Å²) in [6, 6.07) is 2.30. The van der Waals surface area contributed by atoms with E-state index in [1.54, 1.807) is 0 Å². The highest BCUT2D eigenvalue weighted by atomic mass is 16.3. The average Bonchev–Trinajstić information content (AvgIpc) is 2.68. The standard InChI is InChI=1S/C16H28N2O2/c1-6-18-13(4)10-15(14(18)5)16(20)11-17(12(2)3)8-7-9-19/h10,12,19H,6-9,11H2,1-5H3. The zero-order valence-corrected chi connectivity index (χ0v) is 13.4. The lowest BCUT2D eigenvalue weighted by Crippen LogP contribution is -2.37. The predicted octanol–water partition coefficient (Wildman–Crippen LogP) is 2.40. The number of rotatable bonds is 8. The number of aliphatic hydroxyl groups is 1. The molecule has 1 heterocycles. The van der Waals surface area contributed by atoms with Gasteiger partial charge >= 0.3 is 0 Å². The van der Waals surface area contributed by atoms with Crippen LogP contribution in [-0.4, -0.2) is 46.1 Å². The minimum atomic E-state index is 0.168. The first-order valence-electron chi connectivity index (χ1n) is 7.47. The number of aliphatic hydroxyl groups excluding tert-OH is 1. The van der Waals surface area contributed by atoms with Gasteiger partial charge in [0.1, 0.15) is 0 Å². The van der Waals surface area contributed by atoms with Gasteiger partial charge in [0.05, 0.1) is 6.54 Å². The van der Waals surface area contributed by atoms with Gasteiger partial charge < -0.3 is 9.67 Å². The van der Waals surface area contributed by atoms with Crippen molar-refractivity contribution in [3.8, 4) is 0 Å². The van der Waals surface area contributed by atoms with E-state index < -0.39 is 0 Å². The summed E-state index contributed by atoms with van der Waals surface area (Å²) in [5.74, 6) is 0.171. The fraction of sp³-hybridized carbons (Fsp3) is 0.688. The van der Waals surface area contributed by atoms with E-state index in [1.165, 1.54) is 0 Å². The summed E-state index contributed by atoms with van der Waals surface area (Å²) < 4.78 is 2.17. The van der Waals surface area contributed by atoms with Crippen LogP contribution in [0.2, 0.25) is 0 Å². The van der Waals surface area contributed by atoms with Gasteiger partial charge in [-0.05, 0) is 47.1 Å². The van der Waals surface area contributed by atoms with Gasteiger partial charge in [0.15, 0.2) is 5.78 Å². The SMILES string of the molecule is CCn1c(C)cc(C(=O)CN(CCCO)C(C)C)c1C.